The molecule has 0 aliphatic heterocycles. The SMILES string of the molecule is COc1ccc(CN(Cc2ccc(OC)cc2)S(=O)(=O)C[C@@H](O)c2cc(F)ccc2F)cc1. The highest BCUT2D eigenvalue weighted by molar-refractivity contribution is 7.89. The number of nitrogens with zero attached hydrogens (tertiary/aromatic N) is 1. The molecular weight excluding hydrogens is 452 g/mol. The summed E-state index contributed by atoms with van der Waals surface area (Å²) < 4.78 is 65.6. The number of ether oxygens (including phenoxy) is 2. The van der Waals surface area contributed by atoms with Gasteiger partial charge in [-0.15, -0.1) is 0 Å². The molecule has 0 spiro atoms. The molecule has 0 unspecified atom stereocenters. The number of halogens is 2. The van der Waals surface area contributed by atoms with Gasteiger partial charge in [0.2, 0.25) is 10.0 Å². The average Bonchev–Trinajstić information content (AvgIpc) is 2.80. The summed E-state index contributed by atoms with van der Waals surface area (Å²) in [4.78, 5) is 0. The molecule has 33 heavy (non-hydrogen) atoms. The average molecular weight is 478 g/mol. The molecule has 0 fully saturated rings. The topological polar surface area (TPSA) is 76.1 Å². The van der Waals surface area contributed by atoms with Crippen molar-refractivity contribution in [2.45, 2.75) is 19.2 Å². The Bertz CT molecular complexity index is 1120. The van der Waals surface area contributed by atoms with E-state index in [-0.39, 0.29) is 13.1 Å². The number of rotatable bonds is 10. The lowest BCUT2D eigenvalue weighted by Gasteiger charge is -2.24. The van der Waals surface area contributed by atoms with Crippen LogP contribution in [0.5, 0.6) is 11.5 Å². The van der Waals surface area contributed by atoms with Crippen LogP contribution in [-0.2, 0) is 23.1 Å². The summed E-state index contributed by atoms with van der Waals surface area (Å²) in [6.45, 7) is 0.0212. The van der Waals surface area contributed by atoms with Gasteiger partial charge in [-0.05, 0) is 53.6 Å². The van der Waals surface area contributed by atoms with Crippen LogP contribution < -0.4 is 9.47 Å². The Morgan fingerprint density at radius 1 is 0.848 bits per heavy atom. The Kier molecular flexibility index (Phi) is 8.01. The molecule has 6 nitrogen and oxygen atoms in total. The highest BCUT2D eigenvalue weighted by Gasteiger charge is 2.28. The van der Waals surface area contributed by atoms with Crippen LogP contribution in [-0.4, -0.2) is 37.8 Å². The molecule has 9 heteroatoms. The molecule has 0 amide bonds. The van der Waals surface area contributed by atoms with E-state index in [0.29, 0.717) is 22.6 Å². The van der Waals surface area contributed by atoms with Crippen molar-refractivity contribution < 1.29 is 31.8 Å². The molecule has 3 rings (SSSR count). The van der Waals surface area contributed by atoms with Gasteiger partial charge in [0, 0.05) is 18.7 Å². The van der Waals surface area contributed by atoms with Crippen LogP contribution in [0.1, 0.15) is 22.8 Å². The lowest BCUT2D eigenvalue weighted by molar-refractivity contribution is 0.193. The monoisotopic (exact) mass is 477 g/mol. The first kappa shape index (κ1) is 24.6. The van der Waals surface area contributed by atoms with Crippen molar-refractivity contribution in [2.24, 2.45) is 0 Å². The van der Waals surface area contributed by atoms with Crippen molar-refractivity contribution in [3.63, 3.8) is 0 Å². The highest BCUT2D eigenvalue weighted by Crippen LogP contribution is 2.24. The number of hydrogen-bond acceptors (Lipinski definition) is 5. The van der Waals surface area contributed by atoms with Crippen LogP contribution in [0.4, 0.5) is 8.78 Å². The zero-order valence-corrected chi connectivity index (χ0v) is 19.1. The van der Waals surface area contributed by atoms with E-state index < -0.39 is 39.1 Å². The summed E-state index contributed by atoms with van der Waals surface area (Å²) in [6, 6.07) is 16.3. The molecule has 3 aromatic rings. The number of aliphatic hydroxyl groups excluding tert-OH is 1. The highest BCUT2D eigenvalue weighted by atomic mass is 32.2. The molecule has 1 N–H and O–H groups in total. The van der Waals surface area contributed by atoms with Crippen molar-refractivity contribution in [2.75, 3.05) is 20.0 Å². The van der Waals surface area contributed by atoms with Gasteiger partial charge in [-0.2, -0.15) is 4.31 Å². The summed E-state index contributed by atoms with van der Waals surface area (Å²) in [5.74, 6) is -1.20. The fourth-order valence-corrected chi connectivity index (χ4v) is 4.77. The van der Waals surface area contributed by atoms with E-state index in [1.54, 1.807) is 48.5 Å². The van der Waals surface area contributed by atoms with E-state index in [1.165, 1.54) is 18.5 Å². The minimum absolute atomic E-state index is 0.0106. The number of aliphatic hydroxyl groups is 1. The van der Waals surface area contributed by atoms with Crippen molar-refractivity contribution in [1.82, 2.24) is 4.31 Å². The van der Waals surface area contributed by atoms with Gasteiger partial charge in [0.1, 0.15) is 23.1 Å². The fraction of sp³-hybridized carbons (Fsp3) is 0.250. The standard InChI is InChI=1S/C24H25F2NO5S/c1-31-20-8-3-17(4-9-20)14-27(15-18-5-10-21(32-2)11-6-18)33(29,30)16-24(28)22-13-19(25)7-12-23(22)26/h3-13,24,28H,14-16H2,1-2H3/t24-/m1/s1. The zero-order chi connectivity index (χ0) is 24.0. The lowest BCUT2D eigenvalue weighted by Crippen LogP contribution is -2.34. The van der Waals surface area contributed by atoms with E-state index in [0.717, 1.165) is 18.2 Å². The summed E-state index contributed by atoms with van der Waals surface area (Å²) in [7, 11) is -1.04. The zero-order valence-electron chi connectivity index (χ0n) is 18.2. The third kappa shape index (κ3) is 6.50. The van der Waals surface area contributed by atoms with Crippen molar-refractivity contribution in [3.05, 3.63) is 95.1 Å². The van der Waals surface area contributed by atoms with E-state index in [9.17, 15) is 22.3 Å². The minimum Gasteiger partial charge on any atom is -0.497 e. The molecule has 0 aliphatic carbocycles. The van der Waals surface area contributed by atoms with Crippen LogP contribution in [0.15, 0.2) is 66.7 Å². The molecule has 176 valence electrons. The first-order valence-electron chi connectivity index (χ1n) is 10.1. The van der Waals surface area contributed by atoms with Gasteiger partial charge in [0.25, 0.3) is 0 Å². The van der Waals surface area contributed by atoms with Crippen molar-refractivity contribution >= 4 is 10.0 Å². The fourth-order valence-electron chi connectivity index (χ4n) is 3.29. The Hall–Kier alpha value is -3.01. The van der Waals surface area contributed by atoms with Gasteiger partial charge in [-0.1, -0.05) is 24.3 Å². The van der Waals surface area contributed by atoms with Crippen LogP contribution >= 0.6 is 0 Å². The molecule has 3 aromatic carbocycles. The number of benzene rings is 3. The molecule has 0 heterocycles. The summed E-state index contributed by atoms with van der Waals surface area (Å²) in [6.07, 6.45) is -1.74. The number of sulfonamides is 1. The van der Waals surface area contributed by atoms with E-state index in [2.05, 4.69) is 0 Å². The van der Waals surface area contributed by atoms with Gasteiger partial charge < -0.3 is 14.6 Å². The van der Waals surface area contributed by atoms with Gasteiger partial charge in [-0.25, -0.2) is 17.2 Å². The van der Waals surface area contributed by atoms with Crippen molar-refractivity contribution in [3.8, 4) is 11.5 Å². The molecule has 0 aliphatic rings. The van der Waals surface area contributed by atoms with E-state index in [4.69, 9.17) is 9.47 Å². The second-order valence-corrected chi connectivity index (χ2v) is 9.44. The van der Waals surface area contributed by atoms with Gasteiger partial charge in [0.15, 0.2) is 0 Å². The summed E-state index contributed by atoms with van der Waals surface area (Å²) in [5, 5.41) is 10.4. The van der Waals surface area contributed by atoms with Crippen LogP contribution in [0.2, 0.25) is 0 Å². The van der Waals surface area contributed by atoms with Gasteiger partial charge in [0.05, 0.1) is 26.1 Å². The van der Waals surface area contributed by atoms with Crippen molar-refractivity contribution in [1.29, 1.82) is 0 Å². The Balaban J connectivity index is 1.88. The smallest absolute Gasteiger partial charge is 0.217 e. The largest absolute Gasteiger partial charge is 0.497 e. The van der Waals surface area contributed by atoms with E-state index in [1.807, 2.05) is 0 Å². The quantitative estimate of drug-likeness (QED) is 0.477. The Morgan fingerprint density at radius 3 is 1.79 bits per heavy atom. The molecule has 0 aromatic heterocycles. The molecule has 0 saturated heterocycles. The third-order valence-electron chi connectivity index (χ3n) is 5.11. The van der Waals surface area contributed by atoms with Crippen LogP contribution in [0.3, 0.4) is 0 Å². The van der Waals surface area contributed by atoms with Crippen LogP contribution in [0, 0.1) is 11.6 Å². The van der Waals surface area contributed by atoms with Crippen LogP contribution in [0.25, 0.3) is 0 Å². The number of hydrogen-bond donors (Lipinski definition) is 1. The molecule has 0 saturated carbocycles. The van der Waals surface area contributed by atoms with Gasteiger partial charge in [-0.3, -0.25) is 0 Å². The lowest BCUT2D eigenvalue weighted by atomic mass is 10.1. The number of methoxy groups -OCH3 is 2. The Morgan fingerprint density at radius 2 is 1.33 bits per heavy atom. The van der Waals surface area contributed by atoms with Gasteiger partial charge >= 0.3 is 0 Å². The maximum Gasteiger partial charge on any atom is 0.217 e. The Labute approximate surface area is 192 Å². The predicted octanol–water partition coefficient (Wildman–Crippen LogP) is 4.05. The maximum absolute atomic E-state index is 14.1. The second-order valence-electron chi connectivity index (χ2n) is 7.42. The maximum atomic E-state index is 14.1. The summed E-state index contributed by atoms with van der Waals surface area (Å²) >= 11 is 0. The second kappa shape index (κ2) is 10.7. The predicted molar refractivity (Wildman–Crippen MR) is 120 cm³/mol. The first-order valence-corrected chi connectivity index (χ1v) is 11.7. The molecular formula is C24H25F2NO5S. The van der Waals surface area contributed by atoms with E-state index >= 15 is 0 Å². The molecule has 0 radical (unpaired) electrons. The minimum atomic E-state index is -4.10. The molecule has 1 atom stereocenters. The summed E-state index contributed by atoms with van der Waals surface area (Å²) in [5.41, 5.74) is 0.978. The first-order chi connectivity index (χ1) is 15.7. The normalized spacial score (nSPS) is 12.5. The third-order valence-corrected chi connectivity index (χ3v) is 6.90. The molecule has 0 bridgehead atoms.